The molecule has 1 aliphatic carbocycles. The van der Waals surface area contributed by atoms with Crippen molar-refractivity contribution >= 4 is 28.4 Å². The highest BCUT2D eigenvalue weighted by atomic mass is 32.1. The molecule has 6 aromatic rings. The number of nitrogens with zero attached hydrogens (tertiary/aromatic N) is 7. The summed E-state index contributed by atoms with van der Waals surface area (Å²) in [7, 11) is 1.69. The van der Waals surface area contributed by atoms with Gasteiger partial charge in [0.25, 0.3) is 0 Å². The first-order chi connectivity index (χ1) is 30.9. The van der Waals surface area contributed by atoms with Gasteiger partial charge in [0.15, 0.2) is 5.82 Å². The Morgan fingerprint density at radius 3 is 2.34 bits per heavy atom. The smallest absolute Gasteiger partial charge is 0.162 e. The number of piperazine rings is 1. The zero-order chi connectivity index (χ0) is 44.4. The van der Waals surface area contributed by atoms with Crippen molar-refractivity contribution in [2.24, 2.45) is 4.99 Å². The predicted molar refractivity (Wildman–Crippen MR) is 249 cm³/mol. The summed E-state index contributed by atoms with van der Waals surface area (Å²) in [4.78, 5) is 13.1. The van der Waals surface area contributed by atoms with Crippen LogP contribution >= 0.6 is 11.3 Å². The maximum atomic E-state index is 16.2. The Morgan fingerprint density at radius 2 is 1.59 bits per heavy atom. The van der Waals surface area contributed by atoms with E-state index in [0.29, 0.717) is 43.7 Å². The van der Waals surface area contributed by atoms with Crippen LogP contribution in [0.15, 0.2) is 83.9 Å². The van der Waals surface area contributed by atoms with Crippen molar-refractivity contribution < 1.29 is 23.7 Å². The summed E-state index contributed by atoms with van der Waals surface area (Å²) in [6, 6.07) is 24.2. The minimum atomic E-state index is -0.866. The number of ether oxygens (including phenoxy) is 1. The van der Waals surface area contributed by atoms with Crippen LogP contribution in [-0.4, -0.2) is 94.1 Å². The summed E-state index contributed by atoms with van der Waals surface area (Å²) in [5.74, 6) is 1.85. The molecule has 2 saturated heterocycles. The van der Waals surface area contributed by atoms with Gasteiger partial charge in [-0.05, 0) is 118 Å². The number of aryl methyl sites for hydroxylation is 3. The molecule has 0 spiro atoms. The fourth-order valence-electron chi connectivity index (χ4n) is 10.7. The number of fused-ring (bicyclic) bond motifs is 4. The van der Waals surface area contributed by atoms with E-state index in [-0.39, 0.29) is 35.3 Å². The zero-order valence-electron chi connectivity index (χ0n) is 37.1. The summed E-state index contributed by atoms with van der Waals surface area (Å²) in [5, 5.41) is 32.0. The van der Waals surface area contributed by atoms with Crippen LogP contribution in [0.5, 0.6) is 11.5 Å². The van der Waals surface area contributed by atoms with Crippen LogP contribution in [0.2, 0.25) is 0 Å². The Morgan fingerprint density at radius 1 is 0.828 bits per heavy atom. The number of aliphatic hydroxyl groups is 1. The number of thiophene rings is 1. The van der Waals surface area contributed by atoms with Gasteiger partial charge in [-0.3, -0.25) is 14.5 Å². The number of phenols is 1. The quantitative estimate of drug-likeness (QED) is 0.156. The zero-order valence-corrected chi connectivity index (χ0v) is 37.9. The third kappa shape index (κ3) is 7.54. The number of hydrogen-bond acceptors (Lipinski definition) is 10. The predicted octanol–water partition coefficient (Wildman–Crippen LogP) is 9.17. The summed E-state index contributed by atoms with van der Waals surface area (Å²) < 4.78 is 39.7. The SMILES string of the molecule is COc1cc(N2CCN(CC3(O)CCN(c4ccc(C5=N[C@@H](C)c6nnc(C)n6-c6sc(C)c(C)c65)cc4F)CC3)CC2)ccc1[C@H]1c2ccc(O)cc2CC[C@H]1c1ccccc1F. The molecular formula is C51H55F2N7O3S. The largest absolute Gasteiger partial charge is 0.508 e. The number of benzene rings is 4. The number of piperidine rings is 1. The second-order valence-electron chi connectivity index (χ2n) is 18.2. The molecular weight excluding hydrogens is 829 g/mol. The molecule has 0 bridgehead atoms. The number of hydrogen-bond donors (Lipinski definition) is 2. The first kappa shape index (κ1) is 42.3. The standard InChI is InChI=1S/C51H55F2N7O3S/c1-30-32(3)64-50-46(30)48(54-31(2)49-56-55-33(4)60(49)50)35-11-17-44(43(53)27-35)59-20-18-51(62,19-21-59)29-57-22-24-58(25-23-57)36-12-15-41(45(28-36)63-5)47-38-16-13-37(61)26-34(38)10-14-40(47)39-8-6-7-9-42(39)52/h6-9,11-13,15-17,26-28,31,40,47,61-62H,10,14,18-25,29H2,1-5H3/t31-,40-,47-/m0/s1. The number of methoxy groups -OCH3 is 1. The van der Waals surface area contributed by atoms with Crippen LogP contribution in [0.1, 0.15) is 99.5 Å². The van der Waals surface area contributed by atoms with Gasteiger partial charge < -0.3 is 24.7 Å². The van der Waals surface area contributed by atoms with Crippen LogP contribution < -0.4 is 14.5 Å². The third-order valence-electron chi connectivity index (χ3n) is 14.3. The van der Waals surface area contributed by atoms with Crippen molar-refractivity contribution in [3.05, 3.63) is 146 Å². The van der Waals surface area contributed by atoms with E-state index in [9.17, 15) is 10.2 Å². The molecule has 4 aliphatic rings. The number of aromatic hydroxyl groups is 1. The normalized spacial score (nSPS) is 20.9. The lowest BCUT2D eigenvalue weighted by molar-refractivity contribution is -0.0174. The molecule has 3 aliphatic heterocycles. The first-order valence-corrected chi connectivity index (χ1v) is 23.3. The number of β-amino-alcohol motifs (C(OH)–C–C–N with tert-alkyl or cyclic N) is 1. The number of halogens is 2. The maximum Gasteiger partial charge on any atom is 0.162 e. The Balaban J connectivity index is 0.793. The lowest BCUT2D eigenvalue weighted by Crippen LogP contribution is -2.55. The van der Waals surface area contributed by atoms with Crippen molar-refractivity contribution in [1.29, 1.82) is 0 Å². The van der Waals surface area contributed by atoms with Gasteiger partial charge in [-0.25, -0.2) is 8.78 Å². The van der Waals surface area contributed by atoms with Gasteiger partial charge in [-0.2, -0.15) is 0 Å². The highest BCUT2D eigenvalue weighted by molar-refractivity contribution is 7.15. The van der Waals surface area contributed by atoms with E-state index in [1.165, 1.54) is 10.9 Å². The van der Waals surface area contributed by atoms with E-state index in [1.54, 1.807) is 36.6 Å². The lowest BCUT2D eigenvalue weighted by atomic mass is 9.69. The van der Waals surface area contributed by atoms with Crippen LogP contribution in [0.3, 0.4) is 0 Å². The van der Waals surface area contributed by atoms with E-state index < -0.39 is 5.60 Å². The number of anilines is 2. The molecule has 0 radical (unpaired) electrons. The molecule has 10 nitrogen and oxygen atoms in total. The van der Waals surface area contributed by atoms with Crippen LogP contribution in [0, 0.1) is 32.4 Å². The molecule has 2 fully saturated rings. The van der Waals surface area contributed by atoms with E-state index in [1.807, 2.05) is 50.2 Å². The molecule has 10 rings (SSSR count). The molecule has 13 heteroatoms. The van der Waals surface area contributed by atoms with Crippen LogP contribution in [-0.2, 0) is 6.42 Å². The summed E-state index contributed by atoms with van der Waals surface area (Å²) >= 11 is 1.69. The molecule has 0 amide bonds. The van der Waals surface area contributed by atoms with Crippen molar-refractivity contribution in [1.82, 2.24) is 19.7 Å². The molecule has 64 heavy (non-hydrogen) atoms. The van der Waals surface area contributed by atoms with Crippen LogP contribution in [0.4, 0.5) is 20.2 Å². The highest BCUT2D eigenvalue weighted by Crippen LogP contribution is 2.50. The average molecular weight is 884 g/mol. The maximum absolute atomic E-state index is 16.2. The second kappa shape index (κ2) is 16.7. The van der Waals surface area contributed by atoms with Gasteiger partial charge in [0.1, 0.15) is 40.0 Å². The van der Waals surface area contributed by atoms with Gasteiger partial charge in [0.2, 0.25) is 0 Å². The lowest BCUT2D eigenvalue weighted by Gasteiger charge is -2.44. The monoisotopic (exact) mass is 883 g/mol. The number of aromatic nitrogens is 3. The van der Waals surface area contributed by atoms with Gasteiger partial charge in [-0.15, -0.1) is 21.5 Å². The van der Waals surface area contributed by atoms with Crippen molar-refractivity contribution in [3.8, 4) is 16.5 Å². The van der Waals surface area contributed by atoms with E-state index in [0.717, 1.165) is 106 Å². The van der Waals surface area contributed by atoms with E-state index >= 15 is 8.78 Å². The summed E-state index contributed by atoms with van der Waals surface area (Å²) in [5.41, 5.74) is 8.25. The fraction of sp³-hybridized carbons (Fsp3) is 0.392. The molecule has 3 atom stereocenters. The van der Waals surface area contributed by atoms with Gasteiger partial charge in [0, 0.05) is 85.1 Å². The minimum absolute atomic E-state index is 0.0888. The Hall–Kier alpha value is -5.63. The molecule has 5 heterocycles. The van der Waals surface area contributed by atoms with E-state index in [2.05, 4.69) is 61.5 Å². The Labute approximate surface area is 377 Å². The van der Waals surface area contributed by atoms with Crippen LogP contribution in [0.25, 0.3) is 5.00 Å². The fourth-order valence-corrected chi connectivity index (χ4v) is 12.0. The molecule has 2 N–H and O–H groups in total. The molecule has 332 valence electrons. The minimum Gasteiger partial charge on any atom is -0.508 e. The number of rotatable bonds is 8. The van der Waals surface area contributed by atoms with Crippen molar-refractivity contribution in [2.45, 2.75) is 76.9 Å². The molecule has 2 aromatic heterocycles. The summed E-state index contributed by atoms with van der Waals surface area (Å²) in [6.07, 6.45) is 2.60. The van der Waals surface area contributed by atoms with Gasteiger partial charge >= 0.3 is 0 Å². The van der Waals surface area contributed by atoms with Crippen molar-refractivity contribution in [3.63, 3.8) is 0 Å². The summed E-state index contributed by atoms with van der Waals surface area (Å²) in [6.45, 7) is 13.0. The van der Waals surface area contributed by atoms with E-state index in [4.69, 9.17) is 9.73 Å². The number of aliphatic imine (C=N–C) groups is 1. The molecule has 0 saturated carbocycles. The molecule has 0 unspecified atom stereocenters. The third-order valence-corrected chi connectivity index (χ3v) is 15.5. The topological polar surface area (TPSA) is 102 Å². The first-order valence-electron chi connectivity index (χ1n) is 22.5. The highest BCUT2D eigenvalue weighted by Gasteiger charge is 2.38. The van der Waals surface area contributed by atoms with Gasteiger partial charge in [0.05, 0.1) is 24.1 Å². The molecule has 4 aromatic carbocycles. The number of phenolic OH excluding ortho intramolecular Hbond substituents is 1. The second-order valence-corrected chi connectivity index (χ2v) is 19.4. The van der Waals surface area contributed by atoms with Gasteiger partial charge in [-0.1, -0.05) is 36.4 Å². The Kier molecular flexibility index (Phi) is 11.1. The average Bonchev–Trinajstić information content (AvgIpc) is 3.78. The Bertz CT molecular complexity index is 2770. The van der Waals surface area contributed by atoms with Crippen molar-refractivity contribution in [2.75, 3.05) is 62.7 Å².